The summed E-state index contributed by atoms with van der Waals surface area (Å²) in [4.78, 5) is 16.4. The van der Waals surface area contributed by atoms with Crippen LogP contribution in [-0.4, -0.2) is 23.0 Å². The number of nitrogens with zero attached hydrogens (tertiary/aromatic N) is 1. The second-order valence-electron chi connectivity index (χ2n) is 8.67. The van der Waals surface area contributed by atoms with Crippen LogP contribution in [0.15, 0.2) is 54.6 Å². The van der Waals surface area contributed by atoms with E-state index in [1.165, 1.54) is 0 Å². The Morgan fingerprint density at radius 1 is 1.12 bits per heavy atom. The largest absolute Gasteiger partial charge is 0.490 e. The third kappa shape index (κ3) is 5.63. The second-order valence-corrected chi connectivity index (χ2v) is 9.11. The van der Waals surface area contributed by atoms with Gasteiger partial charge in [0.05, 0.1) is 11.6 Å². The van der Waals surface area contributed by atoms with Gasteiger partial charge < -0.3 is 10.1 Å². The predicted octanol–water partition coefficient (Wildman–Crippen LogP) is 7.05. The minimum Gasteiger partial charge on any atom is -0.490 e. The van der Waals surface area contributed by atoms with E-state index in [0.29, 0.717) is 28.8 Å². The van der Waals surface area contributed by atoms with Gasteiger partial charge in [-0.2, -0.15) is 13.2 Å². The Morgan fingerprint density at radius 2 is 1.79 bits per heavy atom. The van der Waals surface area contributed by atoms with Gasteiger partial charge in [0.2, 0.25) is 0 Å². The summed E-state index contributed by atoms with van der Waals surface area (Å²) in [6, 6.07) is 14.5. The minimum absolute atomic E-state index is 0.0164. The number of fused-ring (bicyclic) bond motifs is 1. The van der Waals surface area contributed by atoms with Crippen molar-refractivity contribution in [2.24, 2.45) is 5.92 Å². The van der Waals surface area contributed by atoms with E-state index in [1.54, 1.807) is 48.5 Å². The van der Waals surface area contributed by atoms with Crippen LogP contribution in [0, 0.1) is 5.92 Å². The van der Waals surface area contributed by atoms with Crippen molar-refractivity contribution in [2.75, 3.05) is 0 Å². The van der Waals surface area contributed by atoms with Crippen molar-refractivity contribution in [3.05, 3.63) is 70.9 Å². The zero-order valence-corrected chi connectivity index (χ0v) is 19.5. The smallest absolute Gasteiger partial charge is 0.433 e. The Kier molecular flexibility index (Phi) is 7.31. The molecule has 4 nitrogen and oxygen atoms in total. The highest BCUT2D eigenvalue weighted by Crippen LogP contribution is 2.37. The molecule has 0 saturated heterocycles. The van der Waals surface area contributed by atoms with Crippen LogP contribution in [-0.2, 0) is 6.18 Å². The van der Waals surface area contributed by atoms with Crippen LogP contribution in [0.4, 0.5) is 13.2 Å². The fourth-order valence-electron chi connectivity index (χ4n) is 4.58. The van der Waals surface area contributed by atoms with Crippen LogP contribution in [0.1, 0.15) is 55.1 Å². The SMILES string of the molecule is CC[C@H](NC(=O)c1ccc(Cl)cc1)C1CCC(Oc2cc(C(F)(F)F)nc3ccccc23)CC1. The van der Waals surface area contributed by atoms with Gasteiger partial charge in [-0.25, -0.2) is 4.98 Å². The number of nitrogens with one attached hydrogen (secondary N) is 1. The fourth-order valence-corrected chi connectivity index (χ4v) is 4.71. The van der Waals surface area contributed by atoms with Crippen LogP contribution >= 0.6 is 11.6 Å². The first-order chi connectivity index (χ1) is 16.2. The molecule has 2 aromatic carbocycles. The number of carbonyl (C=O) groups excluding carboxylic acids is 1. The highest BCUT2D eigenvalue weighted by Gasteiger charge is 2.34. The van der Waals surface area contributed by atoms with Crippen molar-refractivity contribution in [1.29, 1.82) is 0 Å². The molecule has 1 aliphatic carbocycles. The molecule has 8 heteroatoms. The van der Waals surface area contributed by atoms with Crippen molar-refractivity contribution in [2.45, 2.75) is 57.3 Å². The van der Waals surface area contributed by atoms with Crippen molar-refractivity contribution in [1.82, 2.24) is 10.3 Å². The molecule has 1 aliphatic rings. The number of aromatic nitrogens is 1. The Bertz CT molecular complexity index is 1140. The van der Waals surface area contributed by atoms with E-state index in [2.05, 4.69) is 10.3 Å². The maximum absolute atomic E-state index is 13.3. The minimum atomic E-state index is -4.55. The first-order valence-electron chi connectivity index (χ1n) is 11.4. The number of carbonyl (C=O) groups is 1. The number of para-hydroxylation sites is 1. The topological polar surface area (TPSA) is 51.2 Å². The molecule has 3 aromatic rings. The molecule has 0 bridgehead atoms. The third-order valence-corrected chi connectivity index (χ3v) is 6.66. The molecular weight excluding hydrogens is 465 g/mol. The van der Waals surface area contributed by atoms with E-state index in [9.17, 15) is 18.0 Å². The molecule has 4 rings (SSSR count). The third-order valence-electron chi connectivity index (χ3n) is 6.41. The molecule has 1 heterocycles. The number of halogens is 4. The standard InChI is InChI=1S/C26H26ClF3N2O2/c1-2-21(32-25(33)17-7-11-18(27)12-8-17)16-9-13-19(14-10-16)34-23-15-24(26(28,29)30)31-22-6-4-3-5-20(22)23/h3-8,11-12,15-16,19,21H,2,9-10,13-14H2,1H3,(H,32,33)/t16?,19?,21-/m0/s1. The second kappa shape index (κ2) is 10.2. The number of rotatable bonds is 6. The maximum Gasteiger partial charge on any atom is 0.433 e. The molecular formula is C26H26ClF3N2O2. The van der Waals surface area contributed by atoms with E-state index in [1.807, 2.05) is 6.92 Å². The molecule has 1 amide bonds. The molecule has 1 atom stereocenters. The van der Waals surface area contributed by atoms with Gasteiger partial charge in [0.15, 0.2) is 0 Å². The summed E-state index contributed by atoms with van der Waals surface area (Å²) >= 11 is 5.90. The highest BCUT2D eigenvalue weighted by atomic mass is 35.5. The molecule has 1 aromatic heterocycles. The average molecular weight is 491 g/mol. The summed E-state index contributed by atoms with van der Waals surface area (Å²) in [7, 11) is 0. The van der Waals surface area contributed by atoms with Gasteiger partial charge in [0, 0.05) is 28.1 Å². The molecule has 0 radical (unpaired) electrons. The zero-order chi connectivity index (χ0) is 24.3. The van der Waals surface area contributed by atoms with Crippen LogP contribution in [0.5, 0.6) is 5.75 Å². The lowest BCUT2D eigenvalue weighted by atomic mass is 9.81. The molecule has 0 aliphatic heterocycles. The Balaban J connectivity index is 1.41. The first-order valence-corrected chi connectivity index (χ1v) is 11.8. The quantitative estimate of drug-likeness (QED) is 0.402. The van der Waals surface area contributed by atoms with Crippen molar-refractivity contribution >= 4 is 28.4 Å². The number of pyridine rings is 1. The van der Waals surface area contributed by atoms with Gasteiger partial charge in [0.1, 0.15) is 11.4 Å². The summed E-state index contributed by atoms with van der Waals surface area (Å²) in [5, 5.41) is 4.27. The molecule has 0 spiro atoms. The summed E-state index contributed by atoms with van der Waals surface area (Å²) in [6.07, 6.45) is -0.895. The lowest BCUT2D eigenvalue weighted by Crippen LogP contribution is -2.42. The van der Waals surface area contributed by atoms with Gasteiger partial charge in [-0.15, -0.1) is 0 Å². The summed E-state index contributed by atoms with van der Waals surface area (Å²) in [5.74, 6) is 0.357. The van der Waals surface area contributed by atoms with Gasteiger partial charge in [-0.05, 0) is 74.4 Å². The summed E-state index contributed by atoms with van der Waals surface area (Å²) in [6.45, 7) is 2.04. The predicted molar refractivity (Wildman–Crippen MR) is 126 cm³/mol. The lowest BCUT2D eigenvalue weighted by molar-refractivity contribution is -0.141. The van der Waals surface area contributed by atoms with Gasteiger partial charge in [-0.1, -0.05) is 30.7 Å². The molecule has 1 fully saturated rings. The van der Waals surface area contributed by atoms with Crippen LogP contribution in [0.3, 0.4) is 0 Å². The number of hydrogen-bond acceptors (Lipinski definition) is 3. The van der Waals surface area contributed by atoms with Crippen molar-refractivity contribution in [3.8, 4) is 5.75 Å². The van der Waals surface area contributed by atoms with Crippen LogP contribution < -0.4 is 10.1 Å². The first kappa shape index (κ1) is 24.3. The number of alkyl halides is 3. The Labute approximate surface area is 201 Å². The van der Waals surface area contributed by atoms with E-state index < -0.39 is 11.9 Å². The molecule has 1 N–H and O–H groups in total. The molecule has 1 saturated carbocycles. The number of ether oxygens (including phenoxy) is 1. The van der Waals surface area contributed by atoms with Gasteiger partial charge in [-0.3, -0.25) is 4.79 Å². The van der Waals surface area contributed by atoms with Crippen molar-refractivity contribution < 1.29 is 22.7 Å². The summed E-state index contributed by atoms with van der Waals surface area (Å²) in [5.41, 5.74) is -0.132. The number of amides is 1. The monoisotopic (exact) mass is 490 g/mol. The van der Waals surface area contributed by atoms with Crippen LogP contribution in [0.25, 0.3) is 10.9 Å². The van der Waals surface area contributed by atoms with E-state index in [0.717, 1.165) is 25.3 Å². The van der Waals surface area contributed by atoms with Crippen LogP contribution in [0.2, 0.25) is 5.02 Å². The summed E-state index contributed by atoms with van der Waals surface area (Å²) < 4.78 is 46.1. The van der Waals surface area contributed by atoms with Crippen molar-refractivity contribution in [3.63, 3.8) is 0 Å². The van der Waals surface area contributed by atoms with E-state index >= 15 is 0 Å². The normalized spacial score (nSPS) is 19.6. The van der Waals surface area contributed by atoms with E-state index in [4.69, 9.17) is 16.3 Å². The van der Waals surface area contributed by atoms with Gasteiger partial charge in [0.25, 0.3) is 5.91 Å². The molecule has 0 unspecified atom stereocenters. The molecule has 180 valence electrons. The van der Waals surface area contributed by atoms with E-state index in [-0.39, 0.29) is 35.2 Å². The maximum atomic E-state index is 13.3. The Hall–Kier alpha value is -2.80. The molecule has 34 heavy (non-hydrogen) atoms. The zero-order valence-electron chi connectivity index (χ0n) is 18.7. The lowest BCUT2D eigenvalue weighted by Gasteiger charge is -2.34. The average Bonchev–Trinajstić information content (AvgIpc) is 2.83. The number of benzene rings is 2. The number of hydrogen-bond donors (Lipinski definition) is 1. The fraction of sp³-hybridized carbons (Fsp3) is 0.385. The highest BCUT2D eigenvalue weighted by molar-refractivity contribution is 6.30. The Morgan fingerprint density at radius 3 is 2.44 bits per heavy atom. The van der Waals surface area contributed by atoms with Gasteiger partial charge >= 0.3 is 6.18 Å².